The molecule has 3 N–H and O–H groups in total. The quantitative estimate of drug-likeness (QED) is 0.870. The Hall–Kier alpha value is -2.14. The van der Waals surface area contributed by atoms with Gasteiger partial charge in [0.2, 0.25) is 0 Å². The van der Waals surface area contributed by atoms with E-state index in [1.807, 2.05) is 0 Å². The van der Waals surface area contributed by atoms with Gasteiger partial charge in [-0.05, 0) is 25.1 Å². The fourth-order valence-electron chi connectivity index (χ4n) is 1.43. The highest BCUT2D eigenvalue weighted by Crippen LogP contribution is 2.19. The highest BCUT2D eigenvalue weighted by atomic mass is 35.5. The number of nitrogens with zero attached hydrogens (tertiary/aromatic N) is 2. The number of aryl methyl sites for hydroxylation is 1. The lowest BCUT2D eigenvalue weighted by Crippen LogP contribution is -2.15. The molecule has 0 aliphatic rings. The minimum Gasteiger partial charge on any atom is -0.397 e. The average molecular weight is 263 g/mol. The molecule has 0 aliphatic carbocycles. The van der Waals surface area contributed by atoms with Crippen LogP contribution < -0.4 is 11.1 Å². The molecular weight excluding hydrogens is 252 g/mol. The molecule has 18 heavy (non-hydrogen) atoms. The number of carbonyl (C=O) groups is 1. The van der Waals surface area contributed by atoms with Crippen molar-refractivity contribution in [3.05, 3.63) is 46.9 Å². The highest BCUT2D eigenvalue weighted by Gasteiger charge is 2.12. The Morgan fingerprint density at radius 2 is 2.22 bits per heavy atom. The minimum atomic E-state index is -0.340. The molecule has 1 amide bonds. The van der Waals surface area contributed by atoms with E-state index >= 15 is 0 Å². The Labute approximate surface area is 109 Å². The van der Waals surface area contributed by atoms with Crippen LogP contribution >= 0.6 is 11.6 Å². The second-order valence-corrected chi connectivity index (χ2v) is 4.10. The van der Waals surface area contributed by atoms with E-state index in [0.717, 1.165) is 0 Å². The van der Waals surface area contributed by atoms with Crippen molar-refractivity contribution in [2.24, 2.45) is 0 Å². The summed E-state index contributed by atoms with van der Waals surface area (Å²) in [7, 11) is 0. The predicted molar refractivity (Wildman–Crippen MR) is 70.6 cm³/mol. The number of nitrogen functional groups attached to an aromatic ring is 1. The number of pyridine rings is 2. The molecule has 0 aromatic carbocycles. The number of anilines is 2. The summed E-state index contributed by atoms with van der Waals surface area (Å²) in [6.07, 6.45) is 3.05. The van der Waals surface area contributed by atoms with Gasteiger partial charge in [0, 0.05) is 6.20 Å². The first-order chi connectivity index (χ1) is 8.58. The van der Waals surface area contributed by atoms with E-state index in [0.29, 0.717) is 27.8 Å². The maximum atomic E-state index is 12.0. The van der Waals surface area contributed by atoms with Gasteiger partial charge in [-0.1, -0.05) is 11.6 Å². The summed E-state index contributed by atoms with van der Waals surface area (Å²) >= 11 is 5.91. The number of hydrogen-bond acceptors (Lipinski definition) is 4. The van der Waals surface area contributed by atoms with Crippen molar-refractivity contribution in [3.63, 3.8) is 0 Å². The zero-order valence-electron chi connectivity index (χ0n) is 9.64. The maximum Gasteiger partial charge on any atom is 0.258 e. The smallest absolute Gasteiger partial charge is 0.258 e. The summed E-state index contributed by atoms with van der Waals surface area (Å²) in [4.78, 5) is 20.0. The number of carbonyl (C=O) groups excluding carboxylic acids is 1. The summed E-state index contributed by atoms with van der Waals surface area (Å²) in [5, 5.41) is 2.99. The van der Waals surface area contributed by atoms with Crippen LogP contribution in [-0.2, 0) is 0 Å². The maximum absolute atomic E-state index is 12.0. The van der Waals surface area contributed by atoms with Crippen LogP contribution in [0, 0.1) is 6.92 Å². The lowest BCUT2D eigenvalue weighted by Gasteiger charge is -2.08. The Balaban J connectivity index is 2.28. The van der Waals surface area contributed by atoms with Crippen LogP contribution in [0.3, 0.4) is 0 Å². The molecule has 0 saturated heterocycles. The van der Waals surface area contributed by atoms with Crippen LogP contribution in [0.15, 0.2) is 30.6 Å². The Bertz CT molecular complexity index is 600. The van der Waals surface area contributed by atoms with E-state index in [1.165, 1.54) is 6.20 Å². The summed E-state index contributed by atoms with van der Waals surface area (Å²) < 4.78 is 0. The second-order valence-electron chi connectivity index (χ2n) is 3.69. The molecule has 5 nitrogen and oxygen atoms in total. The molecule has 0 radical (unpaired) electrons. The van der Waals surface area contributed by atoms with Crippen LogP contribution in [0.1, 0.15) is 16.1 Å². The number of nitrogens with one attached hydrogen (secondary N) is 1. The van der Waals surface area contributed by atoms with E-state index in [-0.39, 0.29) is 5.91 Å². The molecule has 0 unspecified atom stereocenters. The molecule has 0 spiro atoms. The summed E-state index contributed by atoms with van der Waals surface area (Å²) in [6.45, 7) is 1.73. The third-order valence-corrected chi connectivity index (χ3v) is 2.65. The number of nitrogens with two attached hydrogens (primary N) is 1. The number of amides is 1. The molecule has 92 valence electrons. The third kappa shape index (κ3) is 2.57. The molecule has 6 heteroatoms. The first-order valence-electron chi connectivity index (χ1n) is 5.22. The van der Waals surface area contributed by atoms with Crippen molar-refractivity contribution in [2.75, 3.05) is 11.1 Å². The second kappa shape index (κ2) is 5.01. The highest BCUT2D eigenvalue weighted by molar-refractivity contribution is 6.33. The van der Waals surface area contributed by atoms with Gasteiger partial charge in [0.05, 0.1) is 28.2 Å². The van der Waals surface area contributed by atoms with E-state index in [9.17, 15) is 4.79 Å². The van der Waals surface area contributed by atoms with Crippen molar-refractivity contribution >= 4 is 29.0 Å². The molecule has 0 fully saturated rings. The lowest BCUT2D eigenvalue weighted by atomic mass is 10.2. The molecule has 2 heterocycles. The van der Waals surface area contributed by atoms with Gasteiger partial charge in [0.15, 0.2) is 5.82 Å². The van der Waals surface area contributed by atoms with Crippen molar-refractivity contribution in [2.45, 2.75) is 6.92 Å². The first kappa shape index (κ1) is 12.3. The fraction of sp³-hybridized carbons (Fsp3) is 0.0833. The van der Waals surface area contributed by atoms with Gasteiger partial charge >= 0.3 is 0 Å². The van der Waals surface area contributed by atoms with Gasteiger partial charge in [-0.15, -0.1) is 0 Å². The van der Waals surface area contributed by atoms with Gasteiger partial charge in [-0.3, -0.25) is 9.78 Å². The van der Waals surface area contributed by atoms with Crippen molar-refractivity contribution in [3.8, 4) is 0 Å². The summed E-state index contributed by atoms with van der Waals surface area (Å²) in [5.74, 6) is -0.0288. The van der Waals surface area contributed by atoms with Gasteiger partial charge in [0.1, 0.15) is 0 Å². The molecule has 0 bridgehead atoms. The number of hydrogen-bond donors (Lipinski definition) is 2. The minimum absolute atomic E-state index is 0.311. The van der Waals surface area contributed by atoms with Crippen molar-refractivity contribution in [1.82, 2.24) is 9.97 Å². The summed E-state index contributed by atoms with van der Waals surface area (Å²) in [5.41, 5.74) is 7.02. The van der Waals surface area contributed by atoms with Crippen LogP contribution in [-0.4, -0.2) is 15.9 Å². The third-order valence-electron chi connectivity index (χ3n) is 2.34. The van der Waals surface area contributed by atoms with Crippen LogP contribution in [0.4, 0.5) is 11.5 Å². The standard InChI is InChI=1S/C12H11ClN4O/c1-7-9(5-8(14)6-16-7)12(18)17-11-10(13)3-2-4-15-11/h2-6H,14H2,1H3,(H,15,17,18). The van der Waals surface area contributed by atoms with E-state index < -0.39 is 0 Å². The molecule has 2 aromatic rings. The normalized spacial score (nSPS) is 10.1. The van der Waals surface area contributed by atoms with Gasteiger partial charge in [-0.2, -0.15) is 0 Å². The molecule has 2 aromatic heterocycles. The Morgan fingerprint density at radius 1 is 1.44 bits per heavy atom. The van der Waals surface area contributed by atoms with Crippen LogP contribution in [0.5, 0.6) is 0 Å². The average Bonchev–Trinajstić information content (AvgIpc) is 2.35. The largest absolute Gasteiger partial charge is 0.397 e. The molecule has 2 rings (SSSR count). The SMILES string of the molecule is Cc1ncc(N)cc1C(=O)Nc1ncccc1Cl. The zero-order valence-corrected chi connectivity index (χ0v) is 10.4. The number of halogens is 1. The van der Waals surface area contributed by atoms with Gasteiger partial charge < -0.3 is 11.1 Å². The predicted octanol–water partition coefficient (Wildman–Crippen LogP) is 2.27. The Morgan fingerprint density at radius 3 is 2.94 bits per heavy atom. The molecular formula is C12H11ClN4O. The van der Waals surface area contributed by atoms with Gasteiger partial charge in [0.25, 0.3) is 5.91 Å². The molecule has 0 saturated carbocycles. The van der Waals surface area contributed by atoms with E-state index in [1.54, 1.807) is 31.3 Å². The fourth-order valence-corrected chi connectivity index (χ4v) is 1.60. The van der Waals surface area contributed by atoms with Crippen LogP contribution in [0.2, 0.25) is 5.02 Å². The monoisotopic (exact) mass is 262 g/mol. The lowest BCUT2D eigenvalue weighted by molar-refractivity contribution is 0.102. The first-order valence-corrected chi connectivity index (χ1v) is 5.59. The van der Waals surface area contributed by atoms with E-state index in [2.05, 4.69) is 15.3 Å². The topological polar surface area (TPSA) is 80.9 Å². The van der Waals surface area contributed by atoms with Gasteiger partial charge in [-0.25, -0.2) is 4.98 Å². The number of rotatable bonds is 2. The van der Waals surface area contributed by atoms with E-state index in [4.69, 9.17) is 17.3 Å². The van der Waals surface area contributed by atoms with Crippen molar-refractivity contribution < 1.29 is 4.79 Å². The van der Waals surface area contributed by atoms with Crippen molar-refractivity contribution in [1.29, 1.82) is 0 Å². The molecule has 0 aliphatic heterocycles. The zero-order chi connectivity index (χ0) is 13.1. The number of aromatic nitrogens is 2. The van der Waals surface area contributed by atoms with Crippen LogP contribution in [0.25, 0.3) is 0 Å². The summed E-state index contributed by atoms with van der Waals surface area (Å²) in [6, 6.07) is 4.90. The molecule has 0 atom stereocenters. The Kier molecular flexibility index (Phi) is 3.43.